The maximum Gasteiger partial charge on any atom is 0.0804 e. The average molecular weight is 207 g/mol. The van der Waals surface area contributed by atoms with Crippen molar-refractivity contribution in [2.24, 2.45) is 5.73 Å². The van der Waals surface area contributed by atoms with E-state index in [2.05, 4.69) is 26.8 Å². The van der Waals surface area contributed by atoms with Crippen LogP contribution in [0, 0.1) is 0 Å². The maximum absolute atomic E-state index is 9.98. The molecule has 2 nitrogen and oxygen atoms in total. The van der Waals surface area contributed by atoms with Gasteiger partial charge >= 0.3 is 0 Å². The monoisotopic (exact) mass is 207 g/mol. The molecular weight excluding hydrogens is 186 g/mol. The van der Waals surface area contributed by atoms with Crippen molar-refractivity contribution in [3.63, 3.8) is 0 Å². The predicted molar refractivity (Wildman–Crippen MR) is 63.8 cm³/mol. The van der Waals surface area contributed by atoms with Crippen LogP contribution in [0.25, 0.3) is 0 Å². The second-order valence-electron chi connectivity index (χ2n) is 4.93. The quantitative estimate of drug-likeness (QED) is 0.799. The van der Waals surface area contributed by atoms with Gasteiger partial charge in [-0.2, -0.15) is 0 Å². The van der Waals surface area contributed by atoms with Gasteiger partial charge in [0, 0.05) is 0 Å². The summed E-state index contributed by atoms with van der Waals surface area (Å²) in [4.78, 5) is 0. The largest absolute Gasteiger partial charge is 0.388 e. The van der Waals surface area contributed by atoms with Crippen molar-refractivity contribution >= 4 is 0 Å². The van der Waals surface area contributed by atoms with Crippen LogP contribution >= 0.6 is 0 Å². The van der Waals surface area contributed by atoms with Crippen LogP contribution in [0.5, 0.6) is 0 Å². The summed E-state index contributed by atoms with van der Waals surface area (Å²) in [5.41, 5.74) is 7.74. The molecule has 1 aromatic rings. The highest BCUT2D eigenvalue weighted by atomic mass is 16.3. The minimum atomic E-state index is -0.439. The molecule has 1 aromatic carbocycles. The normalized spacial score (nSPS) is 13.9. The number of hydrogen-bond donors (Lipinski definition) is 2. The molecule has 84 valence electrons. The summed E-state index contributed by atoms with van der Waals surface area (Å²) in [6.45, 7) is 6.97. The topological polar surface area (TPSA) is 46.2 Å². The van der Waals surface area contributed by atoms with E-state index in [-0.39, 0.29) is 5.41 Å². The van der Waals surface area contributed by atoms with Crippen LogP contribution in [0.15, 0.2) is 24.3 Å². The van der Waals surface area contributed by atoms with Crippen LogP contribution in [0.3, 0.4) is 0 Å². The van der Waals surface area contributed by atoms with E-state index in [9.17, 15) is 5.11 Å². The Morgan fingerprint density at radius 2 is 1.87 bits per heavy atom. The first kappa shape index (κ1) is 12.2. The standard InChI is InChI=1S/C13H21NO/c1-13(2,3)11-7-5-4-6-10(11)12(15)8-9-14/h4-7,12,15H,8-9,14H2,1-3H3. The van der Waals surface area contributed by atoms with Gasteiger partial charge in [0.05, 0.1) is 6.10 Å². The summed E-state index contributed by atoms with van der Waals surface area (Å²) >= 11 is 0. The SMILES string of the molecule is CC(C)(C)c1ccccc1C(O)CCN. The van der Waals surface area contributed by atoms with Crippen LogP contribution in [0.1, 0.15) is 44.4 Å². The number of nitrogens with two attached hydrogens (primary N) is 1. The van der Waals surface area contributed by atoms with Gasteiger partial charge in [0.1, 0.15) is 0 Å². The van der Waals surface area contributed by atoms with Crippen LogP contribution in [-0.4, -0.2) is 11.7 Å². The van der Waals surface area contributed by atoms with Gasteiger partial charge in [0.15, 0.2) is 0 Å². The highest BCUT2D eigenvalue weighted by molar-refractivity contribution is 5.34. The average Bonchev–Trinajstić information content (AvgIpc) is 2.17. The highest BCUT2D eigenvalue weighted by Gasteiger charge is 2.20. The van der Waals surface area contributed by atoms with Crippen molar-refractivity contribution in [1.29, 1.82) is 0 Å². The molecule has 0 saturated carbocycles. The molecule has 1 unspecified atom stereocenters. The Morgan fingerprint density at radius 1 is 1.27 bits per heavy atom. The zero-order valence-electron chi connectivity index (χ0n) is 9.83. The fourth-order valence-electron chi connectivity index (χ4n) is 1.78. The van der Waals surface area contributed by atoms with E-state index >= 15 is 0 Å². The third-order valence-corrected chi connectivity index (χ3v) is 2.57. The van der Waals surface area contributed by atoms with E-state index in [1.807, 2.05) is 18.2 Å². The second-order valence-corrected chi connectivity index (χ2v) is 4.93. The van der Waals surface area contributed by atoms with E-state index in [0.29, 0.717) is 13.0 Å². The molecule has 3 N–H and O–H groups in total. The Hall–Kier alpha value is -0.860. The van der Waals surface area contributed by atoms with Gasteiger partial charge < -0.3 is 10.8 Å². The van der Waals surface area contributed by atoms with Crippen LogP contribution in [-0.2, 0) is 5.41 Å². The van der Waals surface area contributed by atoms with Crippen molar-refractivity contribution in [1.82, 2.24) is 0 Å². The number of rotatable bonds is 3. The Bertz CT molecular complexity index is 315. The van der Waals surface area contributed by atoms with E-state index in [1.54, 1.807) is 0 Å². The van der Waals surface area contributed by atoms with E-state index in [0.717, 1.165) is 5.56 Å². The first-order valence-electron chi connectivity index (χ1n) is 5.44. The Labute approximate surface area is 92.1 Å². The number of aliphatic hydroxyl groups is 1. The zero-order valence-corrected chi connectivity index (χ0v) is 9.83. The Balaban J connectivity index is 3.06. The van der Waals surface area contributed by atoms with Crippen molar-refractivity contribution in [2.45, 2.75) is 38.7 Å². The molecule has 2 heteroatoms. The number of aliphatic hydroxyl groups excluding tert-OH is 1. The molecule has 0 radical (unpaired) electrons. The summed E-state index contributed by atoms with van der Waals surface area (Å²) in [7, 11) is 0. The van der Waals surface area contributed by atoms with Crippen molar-refractivity contribution in [3.8, 4) is 0 Å². The molecule has 0 amide bonds. The van der Waals surface area contributed by atoms with Crippen LogP contribution in [0.2, 0.25) is 0 Å². The molecule has 0 spiro atoms. The molecule has 0 fully saturated rings. The van der Waals surface area contributed by atoms with Crippen molar-refractivity contribution in [2.75, 3.05) is 6.54 Å². The summed E-state index contributed by atoms with van der Waals surface area (Å²) in [5, 5.41) is 9.98. The Kier molecular flexibility index (Phi) is 3.89. The van der Waals surface area contributed by atoms with Crippen molar-refractivity contribution < 1.29 is 5.11 Å². The zero-order chi connectivity index (χ0) is 11.5. The van der Waals surface area contributed by atoms with E-state index in [4.69, 9.17) is 5.73 Å². The summed E-state index contributed by atoms with van der Waals surface area (Å²) in [6, 6.07) is 8.04. The molecule has 0 saturated heterocycles. The fourth-order valence-corrected chi connectivity index (χ4v) is 1.78. The molecule has 0 bridgehead atoms. The molecule has 0 aliphatic rings. The predicted octanol–water partition coefficient (Wildman–Crippen LogP) is 2.37. The molecule has 15 heavy (non-hydrogen) atoms. The third kappa shape index (κ3) is 3.05. The van der Waals surface area contributed by atoms with Gasteiger partial charge in [-0.15, -0.1) is 0 Å². The van der Waals surface area contributed by atoms with Crippen LogP contribution in [0.4, 0.5) is 0 Å². The lowest BCUT2D eigenvalue weighted by molar-refractivity contribution is 0.168. The van der Waals surface area contributed by atoms with Crippen LogP contribution < -0.4 is 5.73 Å². The molecular formula is C13H21NO. The van der Waals surface area contributed by atoms with Crippen molar-refractivity contribution in [3.05, 3.63) is 35.4 Å². The smallest absolute Gasteiger partial charge is 0.0804 e. The molecule has 0 heterocycles. The number of benzene rings is 1. The Morgan fingerprint density at radius 3 is 2.40 bits per heavy atom. The van der Waals surface area contributed by atoms with Gasteiger partial charge in [-0.25, -0.2) is 0 Å². The third-order valence-electron chi connectivity index (χ3n) is 2.57. The first-order chi connectivity index (χ1) is 6.96. The summed E-state index contributed by atoms with van der Waals surface area (Å²) in [6.07, 6.45) is 0.179. The minimum absolute atomic E-state index is 0.0617. The van der Waals surface area contributed by atoms with Gasteiger partial charge in [0.2, 0.25) is 0 Å². The lowest BCUT2D eigenvalue weighted by Gasteiger charge is -2.25. The van der Waals surface area contributed by atoms with Gasteiger partial charge in [0.25, 0.3) is 0 Å². The maximum atomic E-state index is 9.98. The summed E-state index contributed by atoms with van der Waals surface area (Å²) in [5.74, 6) is 0. The van der Waals surface area contributed by atoms with Gasteiger partial charge in [-0.05, 0) is 29.5 Å². The molecule has 0 aromatic heterocycles. The lowest BCUT2D eigenvalue weighted by Crippen LogP contribution is -2.17. The molecule has 1 atom stereocenters. The minimum Gasteiger partial charge on any atom is -0.388 e. The summed E-state index contributed by atoms with van der Waals surface area (Å²) < 4.78 is 0. The van der Waals surface area contributed by atoms with E-state index in [1.165, 1.54) is 5.56 Å². The highest BCUT2D eigenvalue weighted by Crippen LogP contribution is 2.30. The lowest BCUT2D eigenvalue weighted by atomic mass is 9.82. The second kappa shape index (κ2) is 4.77. The number of hydrogen-bond acceptors (Lipinski definition) is 2. The first-order valence-corrected chi connectivity index (χ1v) is 5.44. The van der Waals surface area contributed by atoms with Gasteiger partial charge in [-0.1, -0.05) is 45.0 Å². The molecule has 1 rings (SSSR count). The van der Waals surface area contributed by atoms with Gasteiger partial charge in [-0.3, -0.25) is 0 Å². The molecule has 0 aliphatic heterocycles. The van der Waals surface area contributed by atoms with E-state index < -0.39 is 6.10 Å². The fraction of sp³-hybridized carbons (Fsp3) is 0.538. The molecule has 0 aliphatic carbocycles.